The van der Waals surface area contributed by atoms with Gasteiger partial charge in [-0.25, -0.2) is 0 Å². The van der Waals surface area contributed by atoms with Crippen molar-refractivity contribution in [2.45, 2.75) is 19.7 Å². The second-order valence-corrected chi connectivity index (χ2v) is 6.50. The van der Waals surface area contributed by atoms with Crippen molar-refractivity contribution in [1.82, 2.24) is 19.7 Å². The van der Waals surface area contributed by atoms with Crippen LogP contribution in [-0.2, 0) is 17.9 Å². The van der Waals surface area contributed by atoms with E-state index in [9.17, 15) is 13.6 Å². The highest BCUT2D eigenvalue weighted by Crippen LogP contribution is 2.37. The first-order chi connectivity index (χ1) is 14.1. The maximum atomic E-state index is 12.4. The zero-order valence-electron chi connectivity index (χ0n) is 15.5. The number of nitrogens with zero attached hydrogens (tertiary/aromatic N) is 4. The van der Waals surface area contributed by atoms with Crippen LogP contribution in [0.3, 0.4) is 0 Å². The zero-order valence-corrected chi connectivity index (χ0v) is 15.5. The number of aromatic nitrogens is 3. The SMILES string of the molecule is C=CC(=O)N1CCn2nc(-c3ccc(OC(F)F)cc3)c(-c3ccncc3)c2C1. The molecule has 2 aromatic heterocycles. The molecule has 29 heavy (non-hydrogen) atoms. The Morgan fingerprint density at radius 2 is 1.83 bits per heavy atom. The second-order valence-electron chi connectivity index (χ2n) is 6.50. The summed E-state index contributed by atoms with van der Waals surface area (Å²) < 4.78 is 31.2. The van der Waals surface area contributed by atoms with E-state index in [0.717, 1.165) is 22.4 Å². The van der Waals surface area contributed by atoms with Crippen LogP contribution in [0.15, 0.2) is 61.4 Å². The van der Waals surface area contributed by atoms with E-state index in [1.54, 1.807) is 29.4 Å². The maximum absolute atomic E-state index is 12.4. The lowest BCUT2D eigenvalue weighted by molar-refractivity contribution is -0.127. The fourth-order valence-corrected chi connectivity index (χ4v) is 3.45. The van der Waals surface area contributed by atoms with E-state index < -0.39 is 6.61 Å². The molecule has 1 aliphatic heterocycles. The number of rotatable bonds is 5. The third-order valence-electron chi connectivity index (χ3n) is 4.79. The van der Waals surface area contributed by atoms with Crippen molar-refractivity contribution in [3.05, 3.63) is 67.1 Å². The Hall–Kier alpha value is -3.55. The van der Waals surface area contributed by atoms with E-state index in [4.69, 9.17) is 5.10 Å². The van der Waals surface area contributed by atoms with Crippen molar-refractivity contribution in [2.24, 2.45) is 0 Å². The fourth-order valence-electron chi connectivity index (χ4n) is 3.45. The number of hydrogen-bond acceptors (Lipinski definition) is 4. The largest absolute Gasteiger partial charge is 0.435 e. The minimum Gasteiger partial charge on any atom is -0.435 e. The number of carbonyl (C=O) groups is 1. The number of carbonyl (C=O) groups excluding carboxylic acids is 1. The van der Waals surface area contributed by atoms with Crippen LogP contribution in [0.5, 0.6) is 5.75 Å². The van der Waals surface area contributed by atoms with E-state index in [1.165, 1.54) is 18.2 Å². The molecule has 1 aliphatic rings. The topological polar surface area (TPSA) is 60.2 Å². The molecule has 3 heterocycles. The molecule has 148 valence electrons. The molecule has 3 aromatic rings. The van der Waals surface area contributed by atoms with Gasteiger partial charge in [0.1, 0.15) is 11.4 Å². The highest BCUT2D eigenvalue weighted by molar-refractivity contribution is 5.88. The molecule has 0 saturated carbocycles. The Morgan fingerprint density at radius 1 is 1.10 bits per heavy atom. The molecule has 1 amide bonds. The molecular weight excluding hydrogens is 378 g/mol. The third-order valence-corrected chi connectivity index (χ3v) is 4.79. The number of benzene rings is 1. The summed E-state index contributed by atoms with van der Waals surface area (Å²) in [4.78, 5) is 17.9. The summed E-state index contributed by atoms with van der Waals surface area (Å²) in [6, 6.07) is 10.1. The second kappa shape index (κ2) is 7.83. The van der Waals surface area contributed by atoms with Gasteiger partial charge in [-0.3, -0.25) is 14.5 Å². The van der Waals surface area contributed by atoms with E-state index in [0.29, 0.717) is 25.3 Å². The first-order valence-corrected chi connectivity index (χ1v) is 9.03. The van der Waals surface area contributed by atoms with E-state index in [-0.39, 0.29) is 11.7 Å². The Labute approximate surface area is 166 Å². The van der Waals surface area contributed by atoms with Gasteiger partial charge in [0.2, 0.25) is 5.91 Å². The van der Waals surface area contributed by atoms with Crippen molar-refractivity contribution < 1.29 is 18.3 Å². The monoisotopic (exact) mass is 396 g/mol. The maximum Gasteiger partial charge on any atom is 0.387 e. The van der Waals surface area contributed by atoms with Gasteiger partial charge >= 0.3 is 6.61 Å². The van der Waals surface area contributed by atoms with Gasteiger partial charge in [-0.1, -0.05) is 6.58 Å². The molecule has 0 unspecified atom stereocenters. The summed E-state index contributed by atoms with van der Waals surface area (Å²) >= 11 is 0. The highest BCUT2D eigenvalue weighted by Gasteiger charge is 2.27. The lowest BCUT2D eigenvalue weighted by Crippen LogP contribution is -2.37. The molecular formula is C21H18F2N4O2. The smallest absolute Gasteiger partial charge is 0.387 e. The molecule has 1 aromatic carbocycles. The first-order valence-electron chi connectivity index (χ1n) is 9.03. The summed E-state index contributed by atoms with van der Waals surface area (Å²) in [6.07, 6.45) is 4.69. The van der Waals surface area contributed by atoms with E-state index in [1.807, 2.05) is 16.8 Å². The molecule has 0 atom stereocenters. The van der Waals surface area contributed by atoms with Gasteiger partial charge in [0, 0.05) is 30.1 Å². The van der Waals surface area contributed by atoms with Crippen LogP contribution in [0.2, 0.25) is 0 Å². The average molecular weight is 396 g/mol. The quantitative estimate of drug-likeness (QED) is 0.617. The Kier molecular flexibility index (Phi) is 5.07. The number of amides is 1. The van der Waals surface area contributed by atoms with Gasteiger partial charge in [-0.2, -0.15) is 13.9 Å². The van der Waals surface area contributed by atoms with Gasteiger partial charge in [-0.15, -0.1) is 0 Å². The summed E-state index contributed by atoms with van der Waals surface area (Å²) in [6.45, 7) is 2.19. The lowest BCUT2D eigenvalue weighted by atomic mass is 9.99. The predicted molar refractivity (Wildman–Crippen MR) is 103 cm³/mol. The minimum absolute atomic E-state index is 0.0842. The number of halogens is 2. The van der Waals surface area contributed by atoms with Crippen LogP contribution >= 0.6 is 0 Å². The van der Waals surface area contributed by atoms with E-state index >= 15 is 0 Å². The standard InChI is InChI=1S/C21H18F2N4O2/c1-2-18(28)26-11-12-27-17(13-26)19(14-7-9-24-10-8-14)20(25-27)15-3-5-16(6-4-15)29-21(22)23/h2-10,21H,1,11-13H2. The van der Waals surface area contributed by atoms with Gasteiger partial charge in [-0.05, 0) is 48.0 Å². The Balaban J connectivity index is 1.80. The van der Waals surface area contributed by atoms with Crippen LogP contribution in [0.1, 0.15) is 5.69 Å². The Morgan fingerprint density at radius 3 is 2.48 bits per heavy atom. The Bertz CT molecular complexity index is 1030. The number of pyridine rings is 1. The van der Waals surface area contributed by atoms with Crippen molar-refractivity contribution in [3.63, 3.8) is 0 Å². The first kappa shape index (κ1) is 18.8. The summed E-state index contributed by atoms with van der Waals surface area (Å²) in [7, 11) is 0. The zero-order chi connectivity index (χ0) is 20.4. The van der Waals surface area contributed by atoms with Crippen molar-refractivity contribution in [1.29, 1.82) is 0 Å². The molecule has 0 N–H and O–H groups in total. The van der Waals surface area contributed by atoms with Crippen molar-refractivity contribution in [3.8, 4) is 28.1 Å². The van der Waals surface area contributed by atoms with Crippen LogP contribution < -0.4 is 4.74 Å². The molecule has 4 rings (SSSR count). The van der Waals surface area contributed by atoms with E-state index in [2.05, 4.69) is 16.3 Å². The average Bonchev–Trinajstić information content (AvgIpc) is 3.12. The highest BCUT2D eigenvalue weighted by atomic mass is 19.3. The van der Waals surface area contributed by atoms with Crippen molar-refractivity contribution >= 4 is 5.91 Å². The molecule has 0 fully saturated rings. The molecule has 8 heteroatoms. The summed E-state index contributed by atoms with van der Waals surface area (Å²) in [5.74, 6) is -0.0471. The fraction of sp³-hybridized carbons (Fsp3) is 0.190. The number of fused-ring (bicyclic) bond motifs is 1. The number of hydrogen-bond donors (Lipinski definition) is 0. The number of alkyl halides is 2. The lowest BCUT2D eigenvalue weighted by Gasteiger charge is -2.27. The van der Waals surface area contributed by atoms with Gasteiger partial charge in [0.25, 0.3) is 0 Å². The molecule has 0 spiro atoms. The molecule has 0 aliphatic carbocycles. The predicted octanol–water partition coefficient (Wildman–Crippen LogP) is 3.74. The van der Waals surface area contributed by atoms with Gasteiger partial charge < -0.3 is 9.64 Å². The molecule has 0 bridgehead atoms. The third kappa shape index (κ3) is 3.73. The summed E-state index contributed by atoms with van der Waals surface area (Å²) in [5, 5.41) is 4.75. The van der Waals surface area contributed by atoms with Crippen molar-refractivity contribution in [2.75, 3.05) is 6.54 Å². The summed E-state index contributed by atoms with van der Waals surface area (Å²) in [5.41, 5.74) is 4.18. The molecule has 0 saturated heterocycles. The number of ether oxygens (including phenoxy) is 1. The van der Waals surface area contributed by atoms with Crippen LogP contribution in [0, 0.1) is 0 Å². The molecule has 6 nitrogen and oxygen atoms in total. The van der Waals surface area contributed by atoms with Gasteiger partial charge in [0.15, 0.2) is 0 Å². The van der Waals surface area contributed by atoms with Crippen LogP contribution in [0.4, 0.5) is 8.78 Å². The minimum atomic E-state index is -2.87. The normalized spacial score (nSPS) is 13.3. The van der Waals surface area contributed by atoms with Crippen LogP contribution in [-0.4, -0.2) is 38.7 Å². The van der Waals surface area contributed by atoms with Crippen LogP contribution in [0.25, 0.3) is 22.4 Å². The van der Waals surface area contributed by atoms with Gasteiger partial charge in [0.05, 0.1) is 18.8 Å². The molecule has 0 radical (unpaired) electrons.